The highest BCUT2D eigenvalue weighted by Gasteiger charge is 2.31. The number of carbonyl (C=O) groups is 1. The summed E-state index contributed by atoms with van der Waals surface area (Å²) >= 11 is 0. The molecular formula is C19H28O3. The first-order valence-corrected chi connectivity index (χ1v) is 8.42. The van der Waals surface area contributed by atoms with E-state index in [1.165, 1.54) is 19.3 Å². The maximum absolute atomic E-state index is 11.7. The molecule has 0 aliphatic heterocycles. The van der Waals surface area contributed by atoms with Crippen molar-refractivity contribution in [2.75, 3.05) is 0 Å². The van der Waals surface area contributed by atoms with Crippen molar-refractivity contribution in [3.63, 3.8) is 0 Å². The third kappa shape index (κ3) is 4.25. The van der Waals surface area contributed by atoms with Crippen molar-refractivity contribution < 1.29 is 15.0 Å². The molecule has 1 unspecified atom stereocenters. The van der Waals surface area contributed by atoms with E-state index < -0.39 is 5.97 Å². The molecule has 0 aromatic heterocycles. The minimum atomic E-state index is -0.631. The standard InChI is InChI=1S/C19H28O3/c1-19(2,15-8-10-16(20)11-9-15)13-12-17(18(21)22)14-6-4-3-5-7-14/h8-11,14,17,20H,3-7,12-13H2,1-2H3,(H,21,22). The van der Waals surface area contributed by atoms with Crippen molar-refractivity contribution in [3.05, 3.63) is 29.8 Å². The Kier molecular flexibility index (Phi) is 5.49. The molecule has 0 radical (unpaired) electrons. The summed E-state index contributed by atoms with van der Waals surface area (Å²) in [4.78, 5) is 11.7. The Morgan fingerprint density at radius 1 is 1.18 bits per heavy atom. The number of carboxylic acid groups (broad SMARTS) is 1. The highest BCUT2D eigenvalue weighted by atomic mass is 16.4. The van der Waals surface area contributed by atoms with Crippen LogP contribution in [-0.2, 0) is 10.2 Å². The van der Waals surface area contributed by atoms with Crippen molar-refractivity contribution in [1.82, 2.24) is 0 Å². The van der Waals surface area contributed by atoms with Gasteiger partial charge in [-0.25, -0.2) is 0 Å². The molecule has 0 amide bonds. The minimum absolute atomic E-state index is 0.0733. The molecule has 22 heavy (non-hydrogen) atoms. The number of hydrogen-bond donors (Lipinski definition) is 2. The van der Waals surface area contributed by atoms with Crippen LogP contribution in [0.15, 0.2) is 24.3 Å². The number of hydrogen-bond acceptors (Lipinski definition) is 2. The van der Waals surface area contributed by atoms with Gasteiger partial charge >= 0.3 is 5.97 Å². The SMILES string of the molecule is CC(C)(CCC(C(=O)O)C1CCCCC1)c1ccc(O)cc1. The normalized spacial score (nSPS) is 18.1. The van der Waals surface area contributed by atoms with Crippen LogP contribution in [0.25, 0.3) is 0 Å². The van der Waals surface area contributed by atoms with E-state index in [4.69, 9.17) is 0 Å². The predicted octanol–water partition coefficient (Wildman–Crippen LogP) is 4.73. The Morgan fingerprint density at radius 3 is 2.32 bits per heavy atom. The largest absolute Gasteiger partial charge is 0.508 e. The Labute approximate surface area is 133 Å². The lowest BCUT2D eigenvalue weighted by Gasteiger charge is -2.31. The maximum Gasteiger partial charge on any atom is 0.306 e. The van der Waals surface area contributed by atoms with Gasteiger partial charge in [0.25, 0.3) is 0 Å². The molecule has 0 heterocycles. The van der Waals surface area contributed by atoms with Gasteiger partial charge in [-0.3, -0.25) is 4.79 Å². The lowest BCUT2D eigenvalue weighted by atomic mass is 9.73. The first kappa shape index (κ1) is 16.9. The molecule has 2 rings (SSSR count). The van der Waals surface area contributed by atoms with Gasteiger partial charge in [0, 0.05) is 0 Å². The van der Waals surface area contributed by atoms with Crippen LogP contribution in [0.3, 0.4) is 0 Å². The van der Waals surface area contributed by atoms with Crippen molar-refractivity contribution in [2.45, 2.75) is 64.2 Å². The molecule has 1 aliphatic rings. The topological polar surface area (TPSA) is 57.5 Å². The number of phenols is 1. The second-order valence-electron chi connectivity index (χ2n) is 7.31. The zero-order valence-electron chi connectivity index (χ0n) is 13.7. The summed E-state index contributed by atoms with van der Waals surface area (Å²) in [6.07, 6.45) is 7.32. The van der Waals surface area contributed by atoms with E-state index in [1.807, 2.05) is 12.1 Å². The van der Waals surface area contributed by atoms with Crippen LogP contribution in [0.5, 0.6) is 5.75 Å². The van der Waals surface area contributed by atoms with Crippen LogP contribution in [0.2, 0.25) is 0 Å². The first-order valence-electron chi connectivity index (χ1n) is 8.42. The molecule has 1 aromatic rings. The summed E-state index contributed by atoms with van der Waals surface area (Å²) in [6, 6.07) is 7.28. The Hall–Kier alpha value is -1.51. The summed E-state index contributed by atoms with van der Waals surface area (Å²) in [5.74, 6) is -0.225. The fourth-order valence-electron chi connectivity index (χ4n) is 3.67. The summed E-state index contributed by atoms with van der Waals surface area (Å²) in [5.41, 5.74) is 1.08. The van der Waals surface area contributed by atoms with Gasteiger partial charge in [0.1, 0.15) is 5.75 Å². The molecule has 0 spiro atoms. The van der Waals surface area contributed by atoms with Crippen LogP contribution < -0.4 is 0 Å². The number of rotatable bonds is 6. The van der Waals surface area contributed by atoms with Crippen molar-refractivity contribution in [2.24, 2.45) is 11.8 Å². The molecule has 122 valence electrons. The molecule has 2 N–H and O–H groups in total. The smallest absolute Gasteiger partial charge is 0.306 e. The Morgan fingerprint density at radius 2 is 1.77 bits per heavy atom. The van der Waals surface area contributed by atoms with Gasteiger partial charge in [0.15, 0.2) is 0 Å². The van der Waals surface area contributed by atoms with Crippen LogP contribution >= 0.6 is 0 Å². The minimum Gasteiger partial charge on any atom is -0.508 e. The first-order chi connectivity index (χ1) is 10.4. The molecule has 0 bridgehead atoms. The molecule has 1 fully saturated rings. The van der Waals surface area contributed by atoms with Crippen molar-refractivity contribution in [1.29, 1.82) is 0 Å². The van der Waals surface area contributed by atoms with E-state index in [9.17, 15) is 15.0 Å². The average molecular weight is 304 g/mol. The van der Waals surface area contributed by atoms with Crippen LogP contribution in [-0.4, -0.2) is 16.2 Å². The molecule has 1 atom stereocenters. The maximum atomic E-state index is 11.7. The monoisotopic (exact) mass is 304 g/mol. The number of aliphatic carboxylic acids is 1. The molecule has 3 heteroatoms. The van der Waals surface area contributed by atoms with Gasteiger partial charge in [-0.15, -0.1) is 0 Å². The van der Waals surface area contributed by atoms with Gasteiger partial charge < -0.3 is 10.2 Å². The molecule has 0 saturated heterocycles. The van der Waals surface area contributed by atoms with Crippen LogP contribution in [0.1, 0.15) is 64.4 Å². The van der Waals surface area contributed by atoms with E-state index in [-0.39, 0.29) is 17.1 Å². The van der Waals surface area contributed by atoms with E-state index in [1.54, 1.807) is 12.1 Å². The van der Waals surface area contributed by atoms with Crippen LogP contribution in [0, 0.1) is 11.8 Å². The average Bonchev–Trinajstić information content (AvgIpc) is 2.48. The fourth-order valence-corrected chi connectivity index (χ4v) is 3.67. The zero-order chi connectivity index (χ0) is 16.2. The summed E-state index contributed by atoms with van der Waals surface area (Å²) < 4.78 is 0. The predicted molar refractivity (Wildman–Crippen MR) is 88.1 cm³/mol. The quantitative estimate of drug-likeness (QED) is 0.798. The Bertz CT molecular complexity index is 484. The second kappa shape index (κ2) is 7.17. The van der Waals surface area contributed by atoms with Gasteiger partial charge in [-0.1, -0.05) is 45.2 Å². The number of phenolic OH excluding ortho intramolecular Hbond substituents is 1. The highest BCUT2D eigenvalue weighted by molar-refractivity contribution is 5.70. The van der Waals surface area contributed by atoms with Crippen molar-refractivity contribution in [3.8, 4) is 5.75 Å². The molecule has 1 aliphatic carbocycles. The molecular weight excluding hydrogens is 276 g/mol. The summed E-state index contributed by atoms with van der Waals surface area (Å²) in [5, 5.41) is 19.0. The second-order valence-corrected chi connectivity index (χ2v) is 7.31. The van der Waals surface area contributed by atoms with Gasteiger partial charge in [0.2, 0.25) is 0 Å². The molecule has 1 saturated carbocycles. The van der Waals surface area contributed by atoms with Gasteiger partial charge in [0.05, 0.1) is 5.92 Å². The lowest BCUT2D eigenvalue weighted by molar-refractivity contribution is -0.144. The van der Waals surface area contributed by atoms with E-state index >= 15 is 0 Å². The van der Waals surface area contributed by atoms with Crippen molar-refractivity contribution >= 4 is 5.97 Å². The lowest BCUT2D eigenvalue weighted by Crippen LogP contribution is -2.28. The summed E-state index contributed by atoms with van der Waals surface area (Å²) in [7, 11) is 0. The third-order valence-electron chi connectivity index (χ3n) is 5.27. The van der Waals surface area contributed by atoms with Gasteiger partial charge in [-0.2, -0.15) is 0 Å². The number of benzene rings is 1. The third-order valence-corrected chi connectivity index (χ3v) is 5.27. The van der Waals surface area contributed by atoms with E-state index in [0.29, 0.717) is 5.92 Å². The summed E-state index contributed by atoms with van der Waals surface area (Å²) in [6.45, 7) is 4.30. The molecule has 3 nitrogen and oxygen atoms in total. The number of aromatic hydroxyl groups is 1. The zero-order valence-corrected chi connectivity index (χ0v) is 13.7. The molecule has 1 aromatic carbocycles. The van der Waals surface area contributed by atoms with E-state index in [0.717, 1.165) is 31.2 Å². The Balaban J connectivity index is 2.01. The fraction of sp³-hybridized carbons (Fsp3) is 0.632. The van der Waals surface area contributed by atoms with E-state index in [2.05, 4.69) is 13.8 Å². The highest BCUT2D eigenvalue weighted by Crippen LogP contribution is 2.37. The van der Waals surface area contributed by atoms with Gasteiger partial charge in [-0.05, 0) is 54.7 Å². The number of carboxylic acids is 1. The van der Waals surface area contributed by atoms with Crippen LogP contribution in [0.4, 0.5) is 0 Å².